The van der Waals surface area contributed by atoms with Gasteiger partial charge in [-0.3, -0.25) is 0 Å². The molecule has 0 saturated heterocycles. The lowest BCUT2D eigenvalue weighted by Gasteiger charge is -2.13. The van der Waals surface area contributed by atoms with Crippen LogP contribution in [0.25, 0.3) is 0 Å². The fourth-order valence-electron chi connectivity index (χ4n) is 1.42. The van der Waals surface area contributed by atoms with Crippen LogP contribution in [0, 0.1) is 6.92 Å². The van der Waals surface area contributed by atoms with Crippen LogP contribution in [-0.4, -0.2) is 16.0 Å². The van der Waals surface area contributed by atoms with Gasteiger partial charge in [-0.15, -0.1) is 0 Å². The van der Waals surface area contributed by atoms with Gasteiger partial charge >= 0.3 is 0 Å². The maximum atomic E-state index is 5.62. The molecule has 1 unspecified atom stereocenters. The summed E-state index contributed by atoms with van der Waals surface area (Å²) in [6.07, 6.45) is 2.29. The van der Waals surface area contributed by atoms with E-state index in [9.17, 15) is 0 Å². The zero-order valence-corrected chi connectivity index (χ0v) is 9.04. The van der Waals surface area contributed by atoms with Crippen molar-refractivity contribution in [3.8, 4) is 0 Å². The topological polar surface area (TPSA) is 63.8 Å². The average molecular weight is 194 g/mol. The number of hydrogen-bond donors (Lipinski definition) is 2. The molecule has 0 fully saturated rings. The van der Waals surface area contributed by atoms with Crippen molar-refractivity contribution < 1.29 is 0 Å². The van der Waals surface area contributed by atoms with Crippen molar-refractivity contribution in [3.05, 3.63) is 11.9 Å². The fraction of sp³-hybridized carbons (Fsp3) is 0.600. The van der Waals surface area contributed by atoms with Crippen molar-refractivity contribution in [3.63, 3.8) is 0 Å². The Kier molecular flexibility index (Phi) is 3.68. The molecule has 0 spiro atoms. The predicted octanol–water partition coefficient (Wildman–Crippen LogP) is 1.97. The Morgan fingerprint density at radius 3 is 2.79 bits per heavy atom. The summed E-state index contributed by atoms with van der Waals surface area (Å²) in [7, 11) is 0. The maximum Gasteiger partial charge on any atom is 0.131 e. The maximum absolute atomic E-state index is 5.62. The number of nitrogens with one attached hydrogen (secondary N) is 1. The first-order valence-corrected chi connectivity index (χ1v) is 4.99. The SMILES string of the molecule is CCCC(C)Nc1cc(N)nc(C)n1. The van der Waals surface area contributed by atoms with Crippen LogP contribution in [0.5, 0.6) is 0 Å². The number of aromatic nitrogens is 2. The molecular formula is C10H18N4. The molecule has 1 atom stereocenters. The molecule has 0 aromatic carbocycles. The highest BCUT2D eigenvalue weighted by atomic mass is 15.1. The molecule has 0 saturated carbocycles. The van der Waals surface area contributed by atoms with Gasteiger partial charge in [0.05, 0.1) is 0 Å². The Balaban J connectivity index is 2.66. The lowest BCUT2D eigenvalue weighted by Crippen LogP contribution is -2.16. The van der Waals surface area contributed by atoms with Crippen LogP contribution in [0.15, 0.2) is 6.07 Å². The Labute approximate surface area is 85.0 Å². The number of nitrogens with two attached hydrogens (primary N) is 1. The second-order valence-electron chi connectivity index (χ2n) is 3.56. The molecule has 0 bridgehead atoms. The number of nitrogen functional groups attached to an aromatic ring is 1. The third kappa shape index (κ3) is 3.20. The quantitative estimate of drug-likeness (QED) is 0.769. The molecule has 0 radical (unpaired) electrons. The van der Waals surface area contributed by atoms with Gasteiger partial charge in [0.2, 0.25) is 0 Å². The second-order valence-corrected chi connectivity index (χ2v) is 3.56. The Bertz CT molecular complexity index is 278. The molecule has 1 aromatic heterocycles. The van der Waals surface area contributed by atoms with E-state index in [0.717, 1.165) is 18.7 Å². The third-order valence-corrected chi connectivity index (χ3v) is 1.97. The molecule has 78 valence electrons. The minimum atomic E-state index is 0.425. The summed E-state index contributed by atoms with van der Waals surface area (Å²) >= 11 is 0. The van der Waals surface area contributed by atoms with E-state index in [4.69, 9.17) is 5.73 Å². The molecular weight excluding hydrogens is 176 g/mol. The summed E-state index contributed by atoms with van der Waals surface area (Å²) in [5, 5.41) is 3.29. The predicted molar refractivity (Wildman–Crippen MR) is 59.2 cm³/mol. The van der Waals surface area contributed by atoms with Gasteiger partial charge < -0.3 is 11.1 Å². The van der Waals surface area contributed by atoms with Crippen LogP contribution in [-0.2, 0) is 0 Å². The standard InChI is InChI=1S/C10H18N4/c1-4-5-7(2)12-10-6-9(11)13-8(3)14-10/h6-7H,4-5H2,1-3H3,(H3,11,12,13,14). The van der Waals surface area contributed by atoms with Crippen molar-refractivity contribution in [2.45, 2.75) is 39.7 Å². The molecule has 4 heteroatoms. The summed E-state index contributed by atoms with van der Waals surface area (Å²) in [5.74, 6) is 2.04. The summed E-state index contributed by atoms with van der Waals surface area (Å²) in [4.78, 5) is 8.27. The minimum absolute atomic E-state index is 0.425. The molecule has 4 nitrogen and oxygen atoms in total. The van der Waals surface area contributed by atoms with Crippen molar-refractivity contribution in [1.82, 2.24) is 9.97 Å². The smallest absolute Gasteiger partial charge is 0.131 e. The molecule has 0 aliphatic carbocycles. The molecule has 14 heavy (non-hydrogen) atoms. The monoisotopic (exact) mass is 194 g/mol. The Morgan fingerprint density at radius 1 is 1.50 bits per heavy atom. The first kappa shape index (κ1) is 10.8. The molecule has 1 rings (SSSR count). The van der Waals surface area contributed by atoms with Crippen LogP contribution < -0.4 is 11.1 Å². The lowest BCUT2D eigenvalue weighted by molar-refractivity contribution is 0.687. The number of hydrogen-bond acceptors (Lipinski definition) is 4. The van der Waals surface area contributed by atoms with E-state index in [2.05, 4.69) is 29.1 Å². The lowest BCUT2D eigenvalue weighted by atomic mass is 10.2. The average Bonchev–Trinajstić information content (AvgIpc) is 2.01. The molecule has 3 N–H and O–H groups in total. The van der Waals surface area contributed by atoms with E-state index in [-0.39, 0.29) is 0 Å². The molecule has 0 amide bonds. The summed E-state index contributed by atoms with van der Waals surface area (Å²) in [6, 6.07) is 2.19. The van der Waals surface area contributed by atoms with Crippen molar-refractivity contribution in [2.75, 3.05) is 11.1 Å². The third-order valence-electron chi connectivity index (χ3n) is 1.97. The zero-order valence-electron chi connectivity index (χ0n) is 9.04. The van der Waals surface area contributed by atoms with Gasteiger partial charge in [-0.1, -0.05) is 13.3 Å². The Morgan fingerprint density at radius 2 is 2.21 bits per heavy atom. The highest BCUT2D eigenvalue weighted by Gasteiger charge is 2.03. The van der Waals surface area contributed by atoms with E-state index < -0.39 is 0 Å². The van der Waals surface area contributed by atoms with Crippen LogP contribution in [0.3, 0.4) is 0 Å². The van der Waals surface area contributed by atoms with Gasteiger partial charge in [0, 0.05) is 12.1 Å². The molecule has 0 aliphatic heterocycles. The van der Waals surface area contributed by atoms with Gasteiger partial charge in [0.25, 0.3) is 0 Å². The molecule has 1 heterocycles. The number of rotatable bonds is 4. The number of anilines is 2. The highest BCUT2D eigenvalue weighted by Crippen LogP contribution is 2.10. The van der Waals surface area contributed by atoms with Crippen LogP contribution in [0.1, 0.15) is 32.5 Å². The van der Waals surface area contributed by atoms with E-state index in [1.807, 2.05) is 6.92 Å². The number of nitrogens with zero attached hydrogens (tertiary/aromatic N) is 2. The first-order chi connectivity index (χ1) is 6.61. The highest BCUT2D eigenvalue weighted by molar-refractivity contribution is 5.44. The zero-order chi connectivity index (χ0) is 10.6. The summed E-state index contributed by atoms with van der Waals surface area (Å²) in [6.45, 7) is 6.14. The van der Waals surface area contributed by atoms with Crippen LogP contribution >= 0.6 is 0 Å². The normalized spacial score (nSPS) is 12.5. The van der Waals surface area contributed by atoms with Gasteiger partial charge in [0.1, 0.15) is 17.5 Å². The van der Waals surface area contributed by atoms with E-state index in [1.54, 1.807) is 6.07 Å². The fourth-order valence-corrected chi connectivity index (χ4v) is 1.42. The van der Waals surface area contributed by atoms with E-state index >= 15 is 0 Å². The summed E-state index contributed by atoms with van der Waals surface area (Å²) in [5.41, 5.74) is 5.62. The van der Waals surface area contributed by atoms with Crippen molar-refractivity contribution in [1.29, 1.82) is 0 Å². The molecule has 1 aromatic rings. The molecule has 0 aliphatic rings. The summed E-state index contributed by atoms with van der Waals surface area (Å²) < 4.78 is 0. The Hall–Kier alpha value is -1.32. The van der Waals surface area contributed by atoms with Gasteiger partial charge in [-0.2, -0.15) is 0 Å². The van der Waals surface area contributed by atoms with Gasteiger partial charge in [-0.05, 0) is 20.3 Å². The van der Waals surface area contributed by atoms with Gasteiger partial charge in [0.15, 0.2) is 0 Å². The van der Waals surface area contributed by atoms with Gasteiger partial charge in [-0.25, -0.2) is 9.97 Å². The number of aryl methyl sites for hydroxylation is 1. The minimum Gasteiger partial charge on any atom is -0.384 e. The van der Waals surface area contributed by atoms with Crippen molar-refractivity contribution >= 4 is 11.6 Å². The second kappa shape index (κ2) is 4.79. The van der Waals surface area contributed by atoms with Crippen LogP contribution in [0.4, 0.5) is 11.6 Å². The van der Waals surface area contributed by atoms with Crippen molar-refractivity contribution in [2.24, 2.45) is 0 Å². The van der Waals surface area contributed by atoms with E-state index in [0.29, 0.717) is 17.7 Å². The first-order valence-electron chi connectivity index (χ1n) is 4.99. The van der Waals surface area contributed by atoms with E-state index in [1.165, 1.54) is 0 Å². The van der Waals surface area contributed by atoms with Crippen LogP contribution in [0.2, 0.25) is 0 Å². The largest absolute Gasteiger partial charge is 0.384 e.